The summed E-state index contributed by atoms with van der Waals surface area (Å²) in [4.78, 5) is 25.1. The topological polar surface area (TPSA) is 107 Å². The van der Waals surface area contributed by atoms with E-state index in [2.05, 4.69) is 5.32 Å². The van der Waals surface area contributed by atoms with Crippen molar-refractivity contribution < 1.29 is 28.5 Å². The maximum atomic E-state index is 12.7. The first-order valence-electron chi connectivity index (χ1n) is 11.7. The molecule has 2 atom stereocenters. The van der Waals surface area contributed by atoms with Gasteiger partial charge in [-0.3, -0.25) is 4.79 Å². The molecule has 1 aliphatic rings. The van der Waals surface area contributed by atoms with Gasteiger partial charge in [0.1, 0.15) is 11.3 Å². The summed E-state index contributed by atoms with van der Waals surface area (Å²) in [6, 6.07) is 12.8. The normalized spacial score (nSPS) is 19.4. The number of aryl methyl sites for hydroxylation is 2. The predicted molar refractivity (Wildman–Crippen MR) is 132 cm³/mol. The molecule has 0 spiro atoms. The highest BCUT2D eigenvalue weighted by Crippen LogP contribution is 2.37. The average molecular weight is 482 g/mol. The third-order valence-corrected chi connectivity index (χ3v) is 6.41. The number of hydrogen-bond acceptors (Lipinski definition) is 7. The summed E-state index contributed by atoms with van der Waals surface area (Å²) in [6.07, 6.45) is 1.57. The van der Waals surface area contributed by atoms with Crippen molar-refractivity contribution in [2.75, 3.05) is 12.4 Å². The summed E-state index contributed by atoms with van der Waals surface area (Å²) in [6.45, 7) is 5.65. The minimum Gasteiger partial charge on any atom is -0.505 e. The average Bonchev–Trinajstić information content (AvgIpc) is 2.83. The first kappa shape index (κ1) is 24.8. The Morgan fingerprint density at radius 2 is 1.91 bits per heavy atom. The fourth-order valence-corrected chi connectivity index (χ4v) is 4.44. The van der Waals surface area contributed by atoms with E-state index in [9.17, 15) is 14.7 Å². The van der Waals surface area contributed by atoms with Crippen molar-refractivity contribution in [3.8, 4) is 11.5 Å². The zero-order chi connectivity index (χ0) is 25.2. The van der Waals surface area contributed by atoms with Crippen LogP contribution in [0, 0.1) is 6.92 Å². The highest BCUT2D eigenvalue weighted by molar-refractivity contribution is 5.97. The lowest BCUT2D eigenvalue weighted by atomic mass is 9.94. The lowest BCUT2D eigenvalue weighted by Crippen LogP contribution is -2.49. The number of nitrogens with one attached hydrogen (secondary N) is 1. The molecule has 4 rings (SSSR count). The van der Waals surface area contributed by atoms with Gasteiger partial charge < -0.3 is 29.1 Å². The summed E-state index contributed by atoms with van der Waals surface area (Å²) in [5, 5.41) is 13.6. The van der Waals surface area contributed by atoms with E-state index in [0.717, 1.165) is 12.0 Å². The van der Waals surface area contributed by atoms with Crippen LogP contribution in [-0.4, -0.2) is 36.1 Å². The van der Waals surface area contributed by atoms with Crippen molar-refractivity contribution in [3.05, 3.63) is 64.0 Å². The van der Waals surface area contributed by atoms with Crippen LogP contribution in [0.15, 0.2) is 51.7 Å². The molecule has 0 aliphatic carbocycles. The van der Waals surface area contributed by atoms with Gasteiger partial charge in [0.2, 0.25) is 12.2 Å². The van der Waals surface area contributed by atoms with Crippen LogP contribution in [0.3, 0.4) is 0 Å². The largest absolute Gasteiger partial charge is 0.505 e. The minimum absolute atomic E-state index is 0.0312. The SMILES string of the molecule is COC1CCC(Oc2ccc3c(O)c(NC(=O)CCc4ccccc4)c(=O)oc3c2C)OC1(C)C. The fraction of sp³-hybridized carbons (Fsp3) is 0.407. The zero-order valence-electron chi connectivity index (χ0n) is 20.4. The maximum Gasteiger partial charge on any atom is 0.364 e. The molecule has 2 aromatic carbocycles. The number of carbonyl (C=O) groups excluding carboxylic acids is 1. The van der Waals surface area contributed by atoms with E-state index >= 15 is 0 Å². The molecule has 0 saturated carbocycles. The van der Waals surface area contributed by atoms with Gasteiger partial charge in [0.25, 0.3) is 0 Å². The first-order chi connectivity index (χ1) is 16.7. The smallest absolute Gasteiger partial charge is 0.364 e. The monoisotopic (exact) mass is 481 g/mol. The summed E-state index contributed by atoms with van der Waals surface area (Å²) in [7, 11) is 1.67. The Morgan fingerprint density at radius 1 is 1.17 bits per heavy atom. The molecule has 1 amide bonds. The third kappa shape index (κ3) is 5.33. The van der Waals surface area contributed by atoms with Gasteiger partial charge in [-0.15, -0.1) is 0 Å². The molecule has 2 unspecified atom stereocenters. The summed E-state index contributed by atoms with van der Waals surface area (Å²) in [5.41, 5.74) is 0.127. The Morgan fingerprint density at radius 3 is 2.60 bits per heavy atom. The van der Waals surface area contributed by atoms with Crippen LogP contribution in [0.2, 0.25) is 0 Å². The van der Waals surface area contributed by atoms with Crippen LogP contribution in [0.1, 0.15) is 44.2 Å². The molecular weight excluding hydrogens is 450 g/mol. The van der Waals surface area contributed by atoms with Gasteiger partial charge in [-0.05, 0) is 51.3 Å². The number of benzene rings is 2. The van der Waals surface area contributed by atoms with Crippen molar-refractivity contribution in [1.29, 1.82) is 0 Å². The number of ether oxygens (including phenoxy) is 3. The summed E-state index contributed by atoms with van der Waals surface area (Å²) < 4.78 is 23.2. The number of amides is 1. The number of carbonyl (C=O) groups is 1. The Labute approximate surface area is 203 Å². The Balaban J connectivity index is 1.52. The molecule has 35 heavy (non-hydrogen) atoms. The van der Waals surface area contributed by atoms with Gasteiger partial charge in [0, 0.05) is 25.5 Å². The molecular formula is C27H31NO7. The molecule has 0 radical (unpaired) electrons. The van der Waals surface area contributed by atoms with E-state index in [0.29, 0.717) is 29.5 Å². The zero-order valence-corrected chi connectivity index (χ0v) is 20.4. The van der Waals surface area contributed by atoms with Crippen molar-refractivity contribution in [2.24, 2.45) is 0 Å². The molecule has 1 aromatic heterocycles. The molecule has 3 aromatic rings. The van der Waals surface area contributed by atoms with Gasteiger partial charge in [-0.25, -0.2) is 4.79 Å². The van der Waals surface area contributed by atoms with Crippen molar-refractivity contribution >= 4 is 22.6 Å². The standard InChI is InChI=1S/C27H31NO7/c1-16-19(33-22-15-13-20(32-4)27(2,3)35-22)12-11-18-24(30)23(26(31)34-25(16)18)28-21(29)14-10-17-8-6-5-7-9-17/h5-9,11-12,20,22,30H,10,13-15H2,1-4H3,(H,28,29). The van der Waals surface area contributed by atoms with Crippen LogP contribution >= 0.6 is 0 Å². The van der Waals surface area contributed by atoms with Gasteiger partial charge in [0.15, 0.2) is 11.4 Å². The Kier molecular flexibility index (Phi) is 7.14. The molecule has 2 heterocycles. The van der Waals surface area contributed by atoms with Crippen molar-refractivity contribution in [2.45, 2.75) is 64.4 Å². The Hall–Kier alpha value is -3.36. The molecule has 2 N–H and O–H groups in total. The van der Waals surface area contributed by atoms with Crippen molar-refractivity contribution in [1.82, 2.24) is 0 Å². The predicted octanol–water partition coefficient (Wildman–Crippen LogP) is 4.69. The van der Waals surface area contributed by atoms with Gasteiger partial charge in [-0.2, -0.15) is 0 Å². The van der Waals surface area contributed by atoms with E-state index in [1.165, 1.54) is 0 Å². The second-order valence-electron chi connectivity index (χ2n) is 9.28. The van der Waals surface area contributed by atoms with Crippen LogP contribution in [0.4, 0.5) is 5.69 Å². The van der Waals surface area contributed by atoms with Crippen LogP contribution < -0.4 is 15.7 Å². The molecule has 8 nitrogen and oxygen atoms in total. The van der Waals surface area contributed by atoms with E-state index in [4.69, 9.17) is 18.6 Å². The van der Waals surface area contributed by atoms with E-state index < -0.39 is 17.5 Å². The molecule has 1 fully saturated rings. The van der Waals surface area contributed by atoms with E-state index in [1.54, 1.807) is 26.2 Å². The maximum absolute atomic E-state index is 12.7. The van der Waals surface area contributed by atoms with Crippen LogP contribution in [-0.2, 0) is 20.7 Å². The highest BCUT2D eigenvalue weighted by atomic mass is 16.7. The lowest BCUT2D eigenvalue weighted by Gasteiger charge is -2.41. The Bertz CT molecular complexity index is 1270. The number of aromatic hydroxyl groups is 1. The lowest BCUT2D eigenvalue weighted by molar-refractivity contribution is -0.233. The molecule has 186 valence electrons. The van der Waals surface area contributed by atoms with Gasteiger partial charge in [0.05, 0.1) is 17.1 Å². The number of methoxy groups -OCH3 is 1. The number of rotatable bonds is 7. The quantitative estimate of drug-likeness (QED) is 0.472. The van der Waals surface area contributed by atoms with Gasteiger partial charge in [-0.1, -0.05) is 30.3 Å². The first-order valence-corrected chi connectivity index (χ1v) is 11.7. The fourth-order valence-electron chi connectivity index (χ4n) is 4.44. The van der Waals surface area contributed by atoms with Crippen molar-refractivity contribution in [3.63, 3.8) is 0 Å². The summed E-state index contributed by atoms with van der Waals surface area (Å²) in [5.74, 6) is -0.243. The molecule has 0 bridgehead atoms. The number of fused-ring (bicyclic) bond motifs is 1. The molecule has 8 heteroatoms. The van der Waals surface area contributed by atoms with Crippen LogP contribution in [0.25, 0.3) is 11.0 Å². The third-order valence-electron chi connectivity index (χ3n) is 6.41. The second kappa shape index (κ2) is 10.1. The van der Waals surface area contributed by atoms with Gasteiger partial charge >= 0.3 is 5.63 Å². The summed E-state index contributed by atoms with van der Waals surface area (Å²) >= 11 is 0. The number of hydrogen-bond donors (Lipinski definition) is 2. The highest BCUT2D eigenvalue weighted by Gasteiger charge is 2.39. The molecule has 1 saturated heterocycles. The number of anilines is 1. The molecule has 1 aliphatic heterocycles. The van der Waals surface area contributed by atoms with Crippen LogP contribution in [0.5, 0.6) is 11.5 Å². The minimum atomic E-state index is -0.832. The van der Waals surface area contributed by atoms with E-state index in [1.807, 2.05) is 44.2 Å². The van der Waals surface area contributed by atoms with E-state index in [-0.39, 0.29) is 35.5 Å². The second-order valence-corrected chi connectivity index (χ2v) is 9.28.